The third kappa shape index (κ3) is 3.61. The lowest BCUT2D eigenvalue weighted by molar-refractivity contribution is -0.383. The van der Waals surface area contributed by atoms with Crippen LogP contribution in [0.2, 0.25) is 0 Å². The van der Waals surface area contributed by atoms with Crippen molar-refractivity contribution in [1.82, 2.24) is 9.97 Å². The molecule has 0 fully saturated rings. The Hall–Kier alpha value is -3.43. The molecule has 2 aromatic rings. The maximum atomic E-state index is 11.0. The summed E-state index contributed by atoms with van der Waals surface area (Å²) in [5.41, 5.74) is 8.20. The van der Waals surface area contributed by atoms with E-state index in [1.54, 1.807) is 18.2 Å². The van der Waals surface area contributed by atoms with E-state index < -0.39 is 10.6 Å². The number of methoxy groups -OCH3 is 2. The van der Waals surface area contributed by atoms with Crippen LogP contribution < -0.4 is 20.6 Å². The Morgan fingerprint density at radius 2 is 2.04 bits per heavy atom. The van der Waals surface area contributed by atoms with E-state index >= 15 is 0 Å². The minimum Gasteiger partial charge on any atom is -0.493 e. The Labute approximate surface area is 131 Å². The molecule has 1 heterocycles. The average Bonchev–Trinajstić information content (AvgIpc) is 2.54. The summed E-state index contributed by atoms with van der Waals surface area (Å²) in [4.78, 5) is 17.6. The minimum atomic E-state index is -0.677. The molecule has 0 radical (unpaired) electrons. The lowest BCUT2D eigenvalue weighted by Crippen LogP contribution is -2.04. The van der Waals surface area contributed by atoms with Crippen molar-refractivity contribution in [3.05, 3.63) is 40.2 Å². The number of hydrogen-bond donors (Lipinski definition) is 2. The van der Waals surface area contributed by atoms with Crippen molar-refractivity contribution < 1.29 is 14.4 Å². The van der Waals surface area contributed by atoms with Crippen molar-refractivity contribution in [1.29, 1.82) is 0 Å². The molecule has 0 saturated carbocycles. The molecule has 0 spiro atoms. The lowest BCUT2D eigenvalue weighted by Gasteiger charge is -2.07. The second kappa shape index (κ2) is 7.02. The number of aromatic nitrogens is 2. The summed E-state index contributed by atoms with van der Waals surface area (Å²) in [5.74, 6) is 0.776. The number of nitro groups is 1. The topological polar surface area (TPSA) is 138 Å². The highest BCUT2D eigenvalue weighted by Crippen LogP contribution is 2.27. The number of benzene rings is 1. The molecule has 10 heteroatoms. The zero-order valence-corrected chi connectivity index (χ0v) is 12.4. The van der Waals surface area contributed by atoms with Gasteiger partial charge in [0.1, 0.15) is 6.33 Å². The Morgan fingerprint density at radius 3 is 2.70 bits per heavy atom. The monoisotopic (exact) mass is 318 g/mol. The SMILES string of the molecule is COc1ccc(/C=N\Nc2ncnc(N)c2[N+](=O)[O-])cc1OC. The summed E-state index contributed by atoms with van der Waals surface area (Å²) in [6.07, 6.45) is 2.56. The van der Waals surface area contributed by atoms with Gasteiger partial charge in [0.15, 0.2) is 11.5 Å². The van der Waals surface area contributed by atoms with E-state index in [1.165, 1.54) is 20.4 Å². The van der Waals surface area contributed by atoms with E-state index in [2.05, 4.69) is 20.5 Å². The van der Waals surface area contributed by atoms with Crippen molar-refractivity contribution in [2.75, 3.05) is 25.4 Å². The molecule has 1 aromatic carbocycles. The Balaban J connectivity index is 2.20. The van der Waals surface area contributed by atoms with Crippen molar-refractivity contribution in [2.45, 2.75) is 0 Å². The standard InChI is InChI=1S/C13H14N6O4/c1-22-9-4-3-8(5-10(9)23-2)6-17-18-13-11(19(20)21)12(14)15-7-16-13/h3-7H,1-2H3,(H3,14,15,16,18)/b17-6-. The number of ether oxygens (including phenoxy) is 2. The molecule has 3 N–H and O–H groups in total. The predicted octanol–water partition coefficient (Wildman–Crippen LogP) is 1.43. The van der Waals surface area contributed by atoms with Gasteiger partial charge in [0.2, 0.25) is 11.6 Å². The molecule has 0 unspecified atom stereocenters. The first-order valence-electron chi connectivity index (χ1n) is 6.32. The quantitative estimate of drug-likeness (QED) is 0.463. The Morgan fingerprint density at radius 1 is 1.30 bits per heavy atom. The van der Waals surface area contributed by atoms with Crippen LogP contribution in [0.4, 0.5) is 17.3 Å². The van der Waals surface area contributed by atoms with Crippen molar-refractivity contribution in [2.24, 2.45) is 5.10 Å². The smallest absolute Gasteiger partial charge is 0.354 e. The van der Waals surface area contributed by atoms with Crippen LogP contribution in [0.25, 0.3) is 0 Å². The minimum absolute atomic E-state index is 0.0979. The Bertz CT molecular complexity index is 749. The molecule has 0 aliphatic rings. The molecule has 0 amide bonds. The van der Waals surface area contributed by atoms with Crippen LogP contribution in [0.3, 0.4) is 0 Å². The van der Waals surface area contributed by atoms with E-state index in [1.807, 2.05) is 0 Å². The molecule has 10 nitrogen and oxygen atoms in total. The highest BCUT2D eigenvalue weighted by atomic mass is 16.6. The zero-order chi connectivity index (χ0) is 16.8. The van der Waals surface area contributed by atoms with Gasteiger partial charge in [-0.3, -0.25) is 15.5 Å². The number of nitrogen functional groups attached to an aromatic ring is 1. The highest BCUT2D eigenvalue weighted by molar-refractivity contribution is 5.82. The van der Waals surface area contributed by atoms with Crippen molar-refractivity contribution in [3.63, 3.8) is 0 Å². The van der Waals surface area contributed by atoms with Gasteiger partial charge in [-0.15, -0.1) is 0 Å². The van der Waals surface area contributed by atoms with Gasteiger partial charge >= 0.3 is 5.69 Å². The lowest BCUT2D eigenvalue weighted by atomic mass is 10.2. The van der Waals surface area contributed by atoms with Gasteiger partial charge in [-0.25, -0.2) is 9.97 Å². The van der Waals surface area contributed by atoms with Crippen LogP contribution in [0.1, 0.15) is 5.56 Å². The van der Waals surface area contributed by atoms with Crippen molar-refractivity contribution in [3.8, 4) is 11.5 Å². The van der Waals surface area contributed by atoms with Crippen LogP contribution in [0.15, 0.2) is 29.6 Å². The van der Waals surface area contributed by atoms with Gasteiger partial charge in [0.05, 0.1) is 25.4 Å². The number of nitrogens with zero attached hydrogens (tertiary/aromatic N) is 4. The van der Waals surface area contributed by atoms with Gasteiger partial charge in [0, 0.05) is 0 Å². The van der Waals surface area contributed by atoms with Crippen LogP contribution in [0, 0.1) is 10.1 Å². The highest BCUT2D eigenvalue weighted by Gasteiger charge is 2.20. The van der Waals surface area contributed by atoms with Gasteiger partial charge in [0.25, 0.3) is 0 Å². The summed E-state index contributed by atoms with van der Waals surface area (Å²) in [6, 6.07) is 5.16. The fourth-order valence-corrected chi connectivity index (χ4v) is 1.76. The van der Waals surface area contributed by atoms with E-state index in [4.69, 9.17) is 15.2 Å². The van der Waals surface area contributed by atoms with Crippen LogP contribution in [0.5, 0.6) is 11.5 Å². The molecule has 0 saturated heterocycles. The number of nitrogens with two attached hydrogens (primary N) is 1. The first-order valence-corrected chi connectivity index (χ1v) is 6.32. The fourth-order valence-electron chi connectivity index (χ4n) is 1.76. The largest absolute Gasteiger partial charge is 0.493 e. The summed E-state index contributed by atoms with van der Waals surface area (Å²) in [6.45, 7) is 0. The number of hydrogen-bond acceptors (Lipinski definition) is 9. The summed E-state index contributed by atoms with van der Waals surface area (Å²) in [5, 5.41) is 14.9. The predicted molar refractivity (Wildman–Crippen MR) is 83.9 cm³/mol. The van der Waals surface area contributed by atoms with Crippen LogP contribution >= 0.6 is 0 Å². The molecule has 0 aliphatic heterocycles. The maximum absolute atomic E-state index is 11.0. The number of hydrazone groups is 1. The summed E-state index contributed by atoms with van der Waals surface area (Å²) in [7, 11) is 3.05. The summed E-state index contributed by atoms with van der Waals surface area (Å²) < 4.78 is 10.3. The van der Waals surface area contributed by atoms with Gasteiger partial charge in [-0.2, -0.15) is 5.10 Å². The molecule has 0 atom stereocenters. The van der Waals surface area contributed by atoms with Crippen molar-refractivity contribution >= 4 is 23.5 Å². The number of anilines is 2. The van der Waals surface area contributed by atoms with Crippen LogP contribution in [-0.2, 0) is 0 Å². The van der Waals surface area contributed by atoms with E-state index in [0.717, 1.165) is 6.33 Å². The number of rotatable bonds is 6. The molecular weight excluding hydrogens is 304 g/mol. The maximum Gasteiger partial charge on any atom is 0.354 e. The first kappa shape index (κ1) is 15.9. The van der Waals surface area contributed by atoms with Gasteiger partial charge in [-0.05, 0) is 23.8 Å². The Kier molecular flexibility index (Phi) is 4.87. The third-order valence-electron chi connectivity index (χ3n) is 2.82. The van der Waals surface area contributed by atoms with Gasteiger partial charge in [-0.1, -0.05) is 0 Å². The second-order valence-electron chi connectivity index (χ2n) is 4.20. The molecule has 0 aliphatic carbocycles. The average molecular weight is 318 g/mol. The molecular formula is C13H14N6O4. The normalized spacial score (nSPS) is 10.5. The molecule has 2 rings (SSSR count). The molecule has 120 valence electrons. The van der Waals surface area contributed by atoms with Crippen LogP contribution in [-0.4, -0.2) is 35.3 Å². The zero-order valence-electron chi connectivity index (χ0n) is 12.4. The fraction of sp³-hybridized carbons (Fsp3) is 0.154. The van der Waals surface area contributed by atoms with E-state index in [9.17, 15) is 10.1 Å². The van der Waals surface area contributed by atoms with Gasteiger partial charge < -0.3 is 15.2 Å². The molecule has 23 heavy (non-hydrogen) atoms. The third-order valence-corrected chi connectivity index (χ3v) is 2.82. The summed E-state index contributed by atoms with van der Waals surface area (Å²) >= 11 is 0. The molecule has 0 bridgehead atoms. The van der Waals surface area contributed by atoms with E-state index in [-0.39, 0.29) is 11.6 Å². The first-order chi connectivity index (χ1) is 11.1. The number of nitrogens with one attached hydrogen (secondary N) is 1. The second-order valence-corrected chi connectivity index (χ2v) is 4.20. The van der Waals surface area contributed by atoms with E-state index in [0.29, 0.717) is 17.1 Å². The molecule has 1 aromatic heterocycles.